The highest BCUT2D eigenvalue weighted by molar-refractivity contribution is 7.13. The normalized spacial score (nSPS) is 15.3. The Labute approximate surface area is 174 Å². The molecule has 0 amide bonds. The zero-order chi connectivity index (χ0) is 20.2. The number of carbonyl (C=O) groups excluding carboxylic acids is 1. The topological polar surface area (TPSA) is 69.7 Å². The van der Waals surface area contributed by atoms with Gasteiger partial charge >= 0.3 is 5.97 Å². The number of hydrogen-bond donors (Lipinski definition) is 1. The minimum Gasteiger partial charge on any atom is -0.460 e. The predicted octanol–water partition coefficient (Wildman–Crippen LogP) is 4.91. The van der Waals surface area contributed by atoms with Gasteiger partial charge in [-0.25, -0.2) is 14.2 Å². The van der Waals surface area contributed by atoms with Gasteiger partial charge in [0.1, 0.15) is 18.2 Å². The largest absolute Gasteiger partial charge is 0.460 e. The van der Waals surface area contributed by atoms with E-state index in [1.165, 1.54) is 34.8 Å². The van der Waals surface area contributed by atoms with Crippen LogP contribution < -0.4 is 10.1 Å². The number of rotatable bonds is 7. The number of hydrogen-bond acceptors (Lipinski definition) is 8. The lowest BCUT2D eigenvalue weighted by Crippen LogP contribution is -2.19. The zero-order valence-electron chi connectivity index (χ0n) is 15.2. The van der Waals surface area contributed by atoms with Gasteiger partial charge in [0.2, 0.25) is 6.29 Å². The molecule has 0 saturated carbocycles. The molecule has 0 aliphatic carbocycles. The van der Waals surface area contributed by atoms with Gasteiger partial charge < -0.3 is 19.5 Å². The number of carbonyl (C=O) groups is 1. The third kappa shape index (κ3) is 4.47. The van der Waals surface area contributed by atoms with Gasteiger partial charge in [-0.15, -0.1) is 17.9 Å². The third-order valence-corrected chi connectivity index (χ3v) is 5.61. The van der Waals surface area contributed by atoms with Crippen molar-refractivity contribution >= 4 is 33.8 Å². The highest BCUT2D eigenvalue weighted by Gasteiger charge is 2.26. The monoisotopic (exact) mass is 432 g/mol. The molecule has 29 heavy (non-hydrogen) atoms. The van der Waals surface area contributed by atoms with Gasteiger partial charge in [0.15, 0.2) is 10.8 Å². The summed E-state index contributed by atoms with van der Waals surface area (Å²) in [6.45, 7) is 4.23. The number of aromatic nitrogens is 1. The van der Waals surface area contributed by atoms with Gasteiger partial charge in [-0.3, -0.25) is 0 Å². The first-order valence-electron chi connectivity index (χ1n) is 8.73. The Morgan fingerprint density at radius 2 is 2.34 bits per heavy atom. The highest BCUT2D eigenvalue weighted by Crippen LogP contribution is 2.37. The molecule has 1 atom stereocenters. The quantitative estimate of drug-likeness (QED) is 0.423. The number of thiophene rings is 1. The summed E-state index contributed by atoms with van der Waals surface area (Å²) in [7, 11) is 0. The van der Waals surface area contributed by atoms with Crippen molar-refractivity contribution in [2.45, 2.75) is 19.5 Å². The van der Waals surface area contributed by atoms with E-state index < -0.39 is 18.1 Å². The van der Waals surface area contributed by atoms with Crippen LogP contribution in [0.15, 0.2) is 47.0 Å². The first-order valence-corrected chi connectivity index (χ1v) is 10.6. The van der Waals surface area contributed by atoms with E-state index in [2.05, 4.69) is 16.9 Å². The standard InChI is InChI=1S/C20H17FN2O4S2/c1-2-4-22-20-23-16(11-29-20)18(24)25-8-13-6-15(21)7-14-9-26-19(27-17(13)14)12-3-5-28-10-12/h2-3,5-7,10-11,19H,1,4,8-9H2,(H,22,23)/t19-/m1/s1. The molecule has 2 aromatic heterocycles. The van der Waals surface area contributed by atoms with Crippen molar-refractivity contribution in [2.75, 3.05) is 11.9 Å². The summed E-state index contributed by atoms with van der Waals surface area (Å²) in [5.74, 6) is -0.554. The van der Waals surface area contributed by atoms with E-state index in [0.29, 0.717) is 28.6 Å². The lowest BCUT2D eigenvalue weighted by molar-refractivity contribution is -0.112. The molecule has 6 nitrogen and oxygen atoms in total. The second-order valence-electron chi connectivity index (χ2n) is 6.15. The van der Waals surface area contributed by atoms with E-state index in [1.54, 1.807) is 11.5 Å². The van der Waals surface area contributed by atoms with E-state index in [1.807, 2.05) is 16.8 Å². The molecule has 1 aliphatic heterocycles. The van der Waals surface area contributed by atoms with Crippen molar-refractivity contribution in [2.24, 2.45) is 0 Å². The summed E-state index contributed by atoms with van der Waals surface area (Å²) >= 11 is 2.83. The molecule has 1 aliphatic rings. The maximum Gasteiger partial charge on any atom is 0.358 e. The molecule has 0 radical (unpaired) electrons. The van der Waals surface area contributed by atoms with Gasteiger partial charge in [0.05, 0.1) is 6.61 Å². The number of fused-ring (bicyclic) bond motifs is 1. The van der Waals surface area contributed by atoms with Crippen LogP contribution in [-0.4, -0.2) is 17.5 Å². The van der Waals surface area contributed by atoms with Gasteiger partial charge in [-0.2, -0.15) is 11.3 Å². The molecular weight excluding hydrogens is 415 g/mol. The minimum atomic E-state index is -0.590. The average molecular weight is 432 g/mol. The summed E-state index contributed by atoms with van der Waals surface area (Å²) in [4.78, 5) is 16.5. The Morgan fingerprint density at radius 3 is 3.14 bits per heavy atom. The van der Waals surface area contributed by atoms with Crippen molar-refractivity contribution in [1.29, 1.82) is 0 Å². The van der Waals surface area contributed by atoms with Gasteiger partial charge in [-0.1, -0.05) is 6.08 Å². The summed E-state index contributed by atoms with van der Waals surface area (Å²) in [5.41, 5.74) is 2.09. The Morgan fingerprint density at radius 1 is 1.45 bits per heavy atom. The summed E-state index contributed by atoms with van der Waals surface area (Å²) in [6.07, 6.45) is 1.12. The van der Waals surface area contributed by atoms with Crippen LogP contribution in [0.3, 0.4) is 0 Å². The molecule has 3 heterocycles. The molecule has 3 aromatic rings. The van der Waals surface area contributed by atoms with Crippen molar-refractivity contribution in [3.8, 4) is 5.75 Å². The fourth-order valence-electron chi connectivity index (χ4n) is 2.78. The van der Waals surface area contributed by atoms with Crippen LogP contribution in [0, 0.1) is 5.82 Å². The fourth-order valence-corrected chi connectivity index (χ4v) is 4.13. The second kappa shape index (κ2) is 8.73. The van der Waals surface area contributed by atoms with Gasteiger partial charge in [-0.05, 0) is 23.6 Å². The summed E-state index contributed by atoms with van der Waals surface area (Å²) in [5, 5.41) is 9.07. The second-order valence-corrected chi connectivity index (χ2v) is 7.79. The molecule has 1 N–H and O–H groups in total. The predicted molar refractivity (Wildman–Crippen MR) is 109 cm³/mol. The zero-order valence-corrected chi connectivity index (χ0v) is 16.9. The van der Waals surface area contributed by atoms with Gasteiger partial charge in [0, 0.05) is 34.0 Å². The molecule has 1 aromatic carbocycles. The van der Waals surface area contributed by atoms with Crippen LogP contribution in [0.4, 0.5) is 9.52 Å². The van der Waals surface area contributed by atoms with Crippen molar-refractivity contribution in [3.05, 3.63) is 75.2 Å². The summed E-state index contributed by atoms with van der Waals surface area (Å²) < 4.78 is 31.0. The number of nitrogens with one attached hydrogen (secondary N) is 1. The minimum absolute atomic E-state index is 0.137. The van der Waals surface area contributed by atoms with E-state index in [-0.39, 0.29) is 18.9 Å². The van der Waals surface area contributed by atoms with Gasteiger partial charge in [0.25, 0.3) is 0 Å². The number of thiazole rings is 1. The number of halogens is 1. The Bertz CT molecular complexity index is 1020. The number of ether oxygens (including phenoxy) is 3. The molecule has 0 spiro atoms. The molecule has 150 valence electrons. The third-order valence-electron chi connectivity index (χ3n) is 4.11. The number of benzene rings is 1. The van der Waals surface area contributed by atoms with Crippen molar-refractivity contribution in [1.82, 2.24) is 4.98 Å². The SMILES string of the molecule is C=CCNc1nc(C(=O)OCc2cc(F)cc3c2O[C@H](c2ccsc2)OC3)cs1. The Hall–Kier alpha value is -2.75. The van der Waals surface area contributed by atoms with E-state index in [9.17, 15) is 9.18 Å². The molecular formula is C20H17FN2O4S2. The Balaban J connectivity index is 1.47. The lowest BCUT2D eigenvalue weighted by atomic mass is 10.1. The van der Waals surface area contributed by atoms with E-state index in [4.69, 9.17) is 14.2 Å². The number of nitrogens with zero attached hydrogens (tertiary/aromatic N) is 1. The molecule has 0 unspecified atom stereocenters. The van der Waals surface area contributed by atoms with Crippen LogP contribution in [0.5, 0.6) is 5.75 Å². The highest BCUT2D eigenvalue weighted by atomic mass is 32.1. The maximum atomic E-state index is 14.0. The molecule has 0 fully saturated rings. The average Bonchev–Trinajstić information content (AvgIpc) is 3.42. The number of esters is 1. The van der Waals surface area contributed by atoms with E-state index in [0.717, 1.165) is 5.56 Å². The molecule has 9 heteroatoms. The molecule has 0 bridgehead atoms. The fraction of sp³-hybridized carbons (Fsp3) is 0.200. The lowest BCUT2D eigenvalue weighted by Gasteiger charge is -2.27. The summed E-state index contributed by atoms with van der Waals surface area (Å²) in [6, 6.07) is 4.58. The van der Waals surface area contributed by atoms with Crippen LogP contribution >= 0.6 is 22.7 Å². The van der Waals surface area contributed by atoms with Crippen LogP contribution in [0.1, 0.15) is 33.5 Å². The smallest absolute Gasteiger partial charge is 0.358 e. The Kier molecular flexibility index (Phi) is 5.89. The van der Waals surface area contributed by atoms with Crippen molar-refractivity contribution < 1.29 is 23.4 Å². The molecule has 0 saturated heterocycles. The van der Waals surface area contributed by atoms with Crippen LogP contribution in [0.2, 0.25) is 0 Å². The first-order chi connectivity index (χ1) is 14.1. The molecule has 4 rings (SSSR count). The first kappa shape index (κ1) is 19.6. The van der Waals surface area contributed by atoms with E-state index >= 15 is 0 Å². The number of anilines is 1. The van der Waals surface area contributed by atoms with Crippen molar-refractivity contribution in [3.63, 3.8) is 0 Å². The van der Waals surface area contributed by atoms with Crippen LogP contribution in [-0.2, 0) is 22.7 Å². The van der Waals surface area contributed by atoms with Crippen LogP contribution in [0.25, 0.3) is 0 Å². The maximum absolute atomic E-state index is 14.0.